The molecule has 0 aromatic rings. The number of allylic oxidation sites excluding steroid dienone is 22. The molecular weight excluding hydrogens is 925 g/mol. The summed E-state index contributed by atoms with van der Waals surface area (Å²) in [5.41, 5.74) is 0. The summed E-state index contributed by atoms with van der Waals surface area (Å²) in [5.74, 6) is -0.966. The van der Waals surface area contributed by atoms with Crippen molar-refractivity contribution in [3.05, 3.63) is 134 Å². The number of unbranched alkanes of at least 4 members (excludes halogenated alkanes) is 21. The van der Waals surface area contributed by atoms with Crippen LogP contribution in [0.3, 0.4) is 0 Å². The molecule has 0 aliphatic rings. The van der Waals surface area contributed by atoms with Crippen LogP contribution >= 0.6 is 0 Å². The van der Waals surface area contributed by atoms with E-state index in [9.17, 15) is 14.4 Å². The molecule has 6 nitrogen and oxygen atoms in total. The lowest BCUT2D eigenvalue weighted by molar-refractivity contribution is -0.167. The van der Waals surface area contributed by atoms with Gasteiger partial charge in [0, 0.05) is 19.3 Å². The zero-order valence-electron chi connectivity index (χ0n) is 48.5. The first kappa shape index (κ1) is 70.5. The SMILES string of the molecule is CC/C=C\C/C=C\C/C=C\C/C=C\C/C=C\C/C=C\C/C=C\C/C=C\CCCCC(=O)OCC(COC(=O)CCCCCCC/C=C\CCCCCC)OC(=O)CCCCCCCCC/C=C\C/C=C\CCCCC. The fourth-order valence-corrected chi connectivity index (χ4v) is 8.01. The molecule has 0 bridgehead atoms. The van der Waals surface area contributed by atoms with Gasteiger partial charge in [-0.1, -0.05) is 238 Å². The smallest absolute Gasteiger partial charge is 0.306 e. The zero-order chi connectivity index (χ0) is 54.3. The van der Waals surface area contributed by atoms with Gasteiger partial charge in [-0.05, 0) is 141 Å². The average molecular weight is 1040 g/mol. The highest BCUT2D eigenvalue weighted by Crippen LogP contribution is 2.14. The van der Waals surface area contributed by atoms with Gasteiger partial charge in [0.2, 0.25) is 0 Å². The number of carbonyl (C=O) groups is 3. The van der Waals surface area contributed by atoms with Gasteiger partial charge in [0.15, 0.2) is 6.10 Å². The van der Waals surface area contributed by atoms with E-state index in [0.717, 1.165) is 128 Å². The third-order valence-electron chi connectivity index (χ3n) is 12.6. The minimum absolute atomic E-state index is 0.103. The topological polar surface area (TPSA) is 78.9 Å². The van der Waals surface area contributed by atoms with Crippen LogP contribution in [0.25, 0.3) is 0 Å². The molecule has 0 saturated heterocycles. The average Bonchev–Trinajstić information content (AvgIpc) is 3.41. The number of rotatable bonds is 54. The summed E-state index contributed by atoms with van der Waals surface area (Å²) < 4.78 is 16.8. The summed E-state index contributed by atoms with van der Waals surface area (Å²) >= 11 is 0. The fraction of sp³-hybridized carbons (Fsp3) is 0.638. The van der Waals surface area contributed by atoms with Crippen molar-refractivity contribution in [2.75, 3.05) is 13.2 Å². The number of hydrogen-bond donors (Lipinski definition) is 0. The highest BCUT2D eigenvalue weighted by molar-refractivity contribution is 5.71. The van der Waals surface area contributed by atoms with Crippen molar-refractivity contribution in [3.63, 3.8) is 0 Å². The van der Waals surface area contributed by atoms with E-state index in [1.54, 1.807) is 0 Å². The highest BCUT2D eigenvalue weighted by Gasteiger charge is 2.19. The van der Waals surface area contributed by atoms with E-state index in [-0.39, 0.29) is 31.1 Å². The molecule has 0 N–H and O–H groups in total. The van der Waals surface area contributed by atoms with Gasteiger partial charge in [-0.25, -0.2) is 0 Å². The van der Waals surface area contributed by atoms with Gasteiger partial charge in [0.1, 0.15) is 13.2 Å². The van der Waals surface area contributed by atoms with Gasteiger partial charge < -0.3 is 14.2 Å². The van der Waals surface area contributed by atoms with Crippen molar-refractivity contribution < 1.29 is 28.6 Å². The number of ether oxygens (including phenoxy) is 3. The third-order valence-corrected chi connectivity index (χ3v) is 12.6. The second-order valence-corrected chi connectivity index (χ2v) is 19.9. The first-order valence-corrected chi connectivity index (χ1v) is 30.7. The second-order valence-electron chi connectivity index (χ2n) is 19.9. The second kappa shape index (κ2) is 62.1. The zero-order valence-corrected chi connectivity index (χ0v) is 48.5. The molecule has 0 aromatic carbocycles. The van der Waals surface area contributed by atoms with Gasteiger partial charge in [-0.15, -0.1) is 0 Å². The van der Waals surface area contributed by atoms with Crippen molar-refractivity contribution in [1.29, 1.82) is 0 Å². The van der Waals surface area contributed by atoms with E-state index < -0.39 is 6.10 Å². The van der Waals surface area contributed by atoms with Crippen LogP contribution < -0.4 is 0 Å². The van der Waals surface area contributed by atoms with E-state index in [2.05, 4.69) is 154 Å². The lowest BCUT2D eigenvalue weighted by Gasteiger charge is -2.18. The van der Waals surface area contributed by atoms with Crippen LogP contribution in [0.15, 0.2) is 134 Å². The van der Waals surface area contributed by atoms with Crippen LogP contribution in [0.5, 0.6) is 0 Å². The van der Waals surface area contributed by atoms with E-state index in [1.165, 1.54) is 89.9 Å². The van der Waals surface area contributed by atoms with E-state index >= 15 is 0 Å². The van der Waals surface area contributed by atoms with E-state index in [0.29, 0.717) is 25.7 Å². The van der Waals surface area contributed by atoms with Crippen molar-refractivity contribution >= 4 is 17.9 Å². The van der Waals surface area contributed by atoms with Crippen molar-refractivity contribution in [2.24, 2.45) is 0 Å². The van der Waals surface area contributed by atoms with Crippen LogP contribution in [0.4, 0.5) is 0 Å². The fourth-order valence-electron chi connectivity index (χ4n) is 8.01. The Kier molecular flexibility index (Phi) is 58.4. The monoisotopic (exact) mass is 1040 g/mol. The van der Waals surface area contributed by atoms with Crippen molar-refractivity contribution in [1.82, 2.24) is 0 Å². The normalized spacial score (nSPS) is 13.1. The Labute approximate surface area is 462 Å². The summed E-state index contributed by atoms with van der Waals surface area (Å²) in [4.78, 5) is 38.2. The third kappa shape index (κ3) is 60.3. The molecule has 0 amide bonds. The molecule has 1 atom stereocenters. The van der Waals surface area contributed by atoms with Crippen molar-refractivity contribution in [3.8, 4) is 0 Å². The Morgan fingerprint density at radius 1 is 0.280 bits per heavy atom. The Hall–Kier alpha value is -4.45. The largest absolute Gasteiger partial charge is 0.462 e. The molecule has 0 saturated carbocycles. The van der Waals surface area contributed by atoms with Gasteiger partial charge in [-0.3, -0.25) is 14.4 Å². The van der Waals surface area contributed by atoms with Gasteiger partial charge >= 0.3 is 17.9 Å². The summed E-state index contributed by atoms with van der Waals surface area (Å²) in [7, 11) is 0. The highest BCUT2D eigenvalue weighted by atomic mass is 16.6. The summed E-state index contributed by atoms with van der Waals surface area (Å²) in [6.45, 7) is 6.43. The Morgan fingerprint density at radius 3 is 0.880 bits per heavy atom. The van der Waals surface area contributed by atoms with Crippen LogP contribution in [-0.4, -0.2) is 37.2 Å². The molecule has 0 aromatic heterocycles. The molecule has 75 heavy (non-hydrogen) atoms. The lowest BCUT2D eigenvalue weighted by Crippen LogP contribution is -2.30. The molecule has 0 fully saturated rings. The van der Waals surface area contributed by atoms with Crippen LogP contribution in [0.2, 0.25) is 0 Å². The maximum Gasteiger partial charge on any atom is 0.306 e. The summed E-state index contributed by atoms with van der Waals surface area (Å²) in [6.07, 6.45) is 87.3. The molecule has 424 valence electrons. The molecule has 6 heteroatoms. The minimum atomic E-state index is -0.809. The standard InChI is InChI=1S/C69H112O6/c1-4-7-10-13-16-19-22-25-27-29-30-31-32-33-34-35-36-37-38-40-41-44-47-50-53-56-59-62-68(71)74-65-66(64-73-67(70)61-58-55-52-49-46-43-24-21-18-15-12-9-6-3)75-69(72)63-60-57-54-51-48-45-42-39-28-26-23-20-17-14-11-8-5-2/h7,10,16-17,19-21,24-28,30-31,33-34,36-37,40-41,47,50,66H,4-6,8-9,11-15,18,22-23,29,32,35,38-39,42-46,48-49,51-65H2,1-3H3/b10-7-,19-16-,20-17-,24-21-,27-25-,28-26-,31-30-,34-33-,37-36-,41-40-,50-47-. The number of hydrogen-bond acceptors (Lipinski definition) is 6. The van der Waals surface area contributed by atoms with E-state index in [4.69, 9.17) is 14.2 Å². The molecule has 1 unspecified atom stereocenters. The molecule has 0 rings (SSSR count). The summed E-state index contributed by atoms with van der Waals surface area (Å²) in [5, 5.41) is 0. The minimum Gasteiger partial charge on any atom is -0.462 e. The van der Waals surface area contributed by atoms with Gasteiger partial charge in [0.05, 0.1) is 0 Å². The molecule has 0 radical (unpaired) electrons. The predicted molar refractivity (Wildman–Crippen MR) is 325 cm³/mol. The lowest BCUT2D eigenvalue weighted by atomic mass is 10.1. The molecule has 0 heterocycles. The molecule has 0 aliphatic carbocycles. The maximum atomic E-state index is 12.9. The maximum absolute atomic E-state index is 12.9. The van der Waals surface area contributed by atoms with Crippen LogP contribution in [0, 0.1) is 0 Å². The molecule has 0 aliphatic heterocycles. The Morgan fingerprint density at radius 2 is 0.520 bits per heavy atom. The molecule has 0 spiro atoms. The Bertz CT molecular complexity index is 1620. The predicted octanol–water partition coefficient (Wildman–Crippen LogP) is 21.0. The van der Waals surface area contributed by atoms with Crippen LogP contribution in [0.1, 0.15) is 265 Å². The first-order chi connectivity index (χ1) is 37.0. The van der Waals surface area contributed by atoms with E-state index in [1.807, 2.05) is 0 Å². The van der Waals surface area contributed by atoms with Crippen LogP contribution in [-0.2, 0) is 28.6 Å². The van der Waals surface area contributed by atoms with Crippen molar-refractivity contribution in [2.45, 2.75) is 271 Å². The number of esters is 3. The summed E-state index contributed by atoms with van der Waals surface area (Å²) in [6, 6.07) is 0. The Balaban J connectivity index is 4.46. The first-order valence-electron chi connectivity index (χ1n) is 30.7. The quantitative estimate of drug-likeness (QED) is 0.0261. The van der Waals surface area contributed by atoms with Gasteiger partial charge in [0.25, 0.3) is 0 Å². The number of carbonyl (C=O) groups excluding carboxylic acids is 3. The van der Waals surface area contributed by atoms with Gasteiger partial charge in [-0.2, -0.15) is 0 Å². The molecular formula is C69H112O6.